The van der Waals surface area contributed by atoms with Gasteiger partial charge >= 0.3 is 18.6 Å². The molecule has 116 valence electrons. The Labute approximate surface area is 120 Å². The summed E-state index contributed by atoms with van der Waals surface area (Å²) in [5, 5.41) is 13.4. The van der Waals surface area contributed by atoms with Gasteiger partial charge in [0.1, 0.15) is 5.75 Å². The van der Waals surface area contributed by atoms with Gasteiger partial charge in [0.25, 0.3) is 0 Å². The van der Waals surface area contributed by atoms with E-state index >= 15 is 0 Å². The van der Waals surface area contributed by atoms with Crippen LogP contribution in [0.5, 0.6) is 5.75 Å². The lowest BCUT2D eigenvalue weighted by Gasteiger charge is -2.15. The molecule has 1 atom stereocenters. The number of carbonyl (C=O) groups is 2. The van der Waals surface area contributed by atoms with E-state index in [1.54, 1.807) is 19.1 Å². The third-order valence-corrected chi connectivity index (χ3v) is 2.58. The van der Waals surface area contributed by atoms with Gasteiger partial charge < -0.3 is 20.5 Å². The van der Waals surface area contributed by atoms with Gasteiger partial charge in [0, 0.05) is 6.54 Å². The summed E-state index contributed by atoms with van der Waals surface area (Å²) >= 11 is 0. The molecule has 1 aromatic rings. The Morgan fingerprint density at radius 3 is 2.43 bits per heavy atom. The Bertz CT molecular complexity index is 480. The number of ether oxygens (including phenoxy) is 1. The summed E-state index contributed by atoms with van der Waals surface area (Å²) in [5.41, 5.74) is 0.699. The molecule has 6 nitrogen and oxygen atoms in total. The predicted octanol–water partition coefficient (Wildman–Crippen LogP) is 2.12. The minimum Gasteiger partial charge on any atom is -0.481 e. The summed E-state index contributed by atoms with van der Waals surface area (Å²) in [5.74, 6) is -0.968. The van der Waals surface area contributed by atoms with Crippen molar-refractivity contribution in [2.24, 2.45) is 0 Å². The molecular formula is C13H16F2N2O4. The number of halogens is 2. The lowest BCUT2D eigenvalue weighted by molar-refractivity contribution is -0.136. The van der Waals surface area contributed by atoms with E-state index in [1.807, 2.05) is 0 Å². The Balaban J connectivity index is 2.45. The molecular weight excluding hydrogens is 286 g/mol. The molecule has 1 rings (SSSR count). The van der Waals surface area contributed by atoms with E-state index in [0.717, 1.165) is 0 Å². The largest absolute Gasteiger partial charge is 0.481 e. The van der Waals surface area contributed by atoms with Crippen LogP contribution in [-0.4, -0.2) is 30.3 Å². The van der Waals surface area contributed by atoms with E-state index in [-0.39, 0.29) is 24.8 Å². The topological polar surface area (TPSA) is 87.7 Å². The van der Waals surface area contributed by atoms with Crippen molar-refractivity contribution in [1.82, 2.24) is 10.6 Å². The fourth-order valence-electron chi connectivity index (χ4n) is 1.55. The fraction of sp³-hybridized carbons (Fsp3) is 0.385. The number of hydrogen-bond acceptors (Lipinski definition) is 3. The molecule has 8 heteroatoms. The van der Waals surface area contributed by atoms with Gasteiger partial charge in [-0.05, 0) is 24.6 Å². The smallest absolute Gasteiger partial charge is 0.387 e. The van der Waals surface area contributed by atoms with Crippen LogP contribution in [0.4, 0.5) is 13.6 Å². The Kier molecular flexibility index (Phi) is 6.38. The SMILES string of the molecule is CC(NC(=O)NCCC(=O)O)c1ccc(OC(F)F)cc1. The third kappa shape index (κ3) is 6.55. The molecule has 0 fully saturated rings. The molecule has 0 spiro atoms. The highest BCUT2D eigenvalue weighted by atomic mass is 19.3. The molecule has 0 heterocycles. The molecule has 0 aliphatic rings. The van der Waals surface area contributed by atoms with Crippen LogP contribution < -0.4 is 15.4 Å². The van der Waals surface area contributed by atoms with Gasteiger partial charge in [0.05, 0.1) is 12.5 Å². The molecule has 2 amide bonds. The van der Waals surface area contributed by atoms with E-state index < -0.39 is 18.6 Å². The number of urea groups is 1. The first-order valence-electron chi connectivity index (χ1n) is 6.19. The normalized spacial score (nSPS) is 11.8. The molecule has 0 aliphatic carbocycles. The van der Waals surface area contributed by atoms with Crippen molar-refractivity contribution in [3.63, 3.8) is 0 Å². The zero-order valence-electron chi connectivity index (χ0n) is 11.3. The maximum absolute atomic E-state index is 12.0. The average molecular weight is 302 g/mol. The van der Waals surface area contributed by atoms with E-state index in [4.69, 9.17) is 5.11 Å². The maximum atomic E-state index is 12.0. The Morgan fingerprint density at radius 2 is 1.90 bits per heavy atom. The third-order valence-electron chi connectivity index (χ3n) is 2.58. The van der Waals surface area contributed by atoms with Crippen LogP contribution in [0.2, 0.25) is 0 Å². The first-order valence-corrected chi connectivity index (χ1v) is 6.19. The van der Waals surface area contributed by atoms with Gasteiger partial charge in [-0.15, -0.1) is 0 Å². The van der Waals surface area contributed by atoms with Gasteiger partial charge in [0.2, 0.25) is 0 Å². The van der Waals surface area contributed by atoms with Gasteiger partial charge in [-0.25, -0.2) is 4.79 Å². The number of rotatable bonds is 7. The lowest BCUT2D eigenvalue weighted by atomic mass is 10.1. The average Bonchev–Trinajstić information content (AvgIpc) is 2.38. The van der Waals surface area contributed by atoms with Crippen LogP contribution in [0.25, 0.3) is 0 Å². The van der Waals surface area contributed by atoms with Gasteiger partial charge in [-0.1, -0.05) is 12.1 Å². The lowest BCUT2D eigenvalue weighted by Crippen LogP contribution is -2.38. The second-order valence-electron chi connectivity index (χ2n) is 4.21. The zero-order valence-corrected chi connectivity index (χ0v) is 11.3. The highest BCUT2D eigenvalue weighted by Crippen LogP contribution is 2.18. The van der Waals surface area contributed by atoms with E-state index in [2.05, 4.69) is 15.4 Å². The van der Waals surface area contributed by atoms with Gasteiger partial charge in [0.15, 0.2) is 0 Å². The fourth-order valence-corrected chi connectivity index (χ4v) is 1.55. The minimum atomic E-state index is -2.88. The standard InChI is InChI=1S/C13H16F2N2O4/c1-8(17-13(20)16-7-6-11(18)19)9-2-4-10(5-3-9)21-12(14)15/h2-5,8,12H,6-7H2,1H3,(H,18,19)(H2,16,17,20). The number of aliphatic carboxylic acids is 1. The number of nitrogens with one attached hydrogen (secondary N) is 2. The van der Waals surface area contributed by atoms with Crippen molar-refractivity contribution >= 4 is 12.0 Å². The number of hydrogen-bond donors (Lipinski definition) is 3. The van der Waals surface area contributed by atoms with Crippen molar-refractivity contribution < 1.29 is 28.2 Å². The number of benzene rings is 1. The monoisotopic (exact) mass is 302 g/mol. The molecule has 0 saturated carbocycles. The van der Waals surface area contributed by atoms with Crippen molar-refractivity contribution in [3.05, 3.63) is 29.8 Å². The minimum absolute atomic E-state index is 0.0229. The van der Waals surface area contributed by atoms with Crippen molar-refractivity contribution in [2.45, 2.75) is 26.0 Å². The predicted molar refractivity (Wildman–Crippen MR) is 70.3 cm³/mol. The zero-order chi connectivity index (χ0) is 15.8. The van der Waals surface area contributed by atoms with Crippen LogP contribution >= 0.6 is 0 Å². The summed E-state index contributed by atoms with van der Waals surface area (Å²) in [4.78, 5) is 21.8. The first kappa shape index (κ1) is 16.7. The van der Waals surface area contributed by atoms with E-state index in [9.17, 15) is 18.4 Å². The molecule has 0 saturated heterocycles. The maximum Gasteiger partial charge on any atom is 0.387 e. The Hall–Kier alpha value is -2.38. The number of amides is 2. The van der Waals surface area contributed by atoms with E-state index in [0.29, 0.717) is 5.56 Å². The first-order chi connectivity index (χ1) is 9.88. The van der Waals surface area contributed by atoms with Crippen molar-refractivity contribution in [2.75, 3.05) is 6.54 Å². The molecule has 3 N–H and O–H groups in total. The van der Waals surface area contributed by atoms with Crippen molar-refractivity contribution in [1.29, 1.82) is 0 Å². The van der Waals surface area contributed by atoms with Crippen LogP contribution in [0.3, 0.4) is 0 Å². The molecule has 1 aromatic carbocycles. The van der Waals surface area contributed by atoms with Gasteiger partial charge in [-0.2, -0.15) is 8.78 Å². The Morgan fingerprint density at radius 1 is 1.29 bits per heavy atom. The number of carbonyl (C=O) groups excluding carboxylic acids is 1. The summed E-state index contributed by atoms with van der Waals surface area (Å²) < 4.78 is 28.2. The molecule has 0 aliphatic heterocycles. The van der Waals surface area contributed by atoms with Crippen LogP contribution in [0.1, 0.15) is 24.9 Å². The number of carboxylic acid groups (broad SMARTS) is 1. The summed E-state index contributed by atoms with van der Waals surface area (Å²) in [6.07, 6.45) is -0.165. The highest BCUT2D eigenvalue weighted by Gasteiger charge is 2.10. The quantitative estimate of drug-likeness (QED) is 0.720. The second kappa shape index (κ2) is 8.03. The summed E-state index contributed by atoms with van der Waals surface area (Å²) in [6.45, 7) is -1.15. The van der Waals surface area contributed by atoms with Crippen LogP contribution in [0.15, 0.2) is 24.3 Å². The van der Waals surface area contributed by atoms with Crippen molar-refractivity contribution in [3.8, 4) is 5.75 Å². The molecule has 0 bridgehead atoms. The summed E-state index contributed by atoms with van der Waals surface area (Å²) in [7, 11) is 0. The second-order valence-corrected chi connectivity index (χ2v) is 4.21. The molecule has 0 aromatic heterocycles. The summed E-state index contributed by atoms with van der Waals surface area (Å²) in [6, 6.07) is 5.00. The number of alkyl halides is 2. The molecule has 0 radical (unpaired) electrons. The number of carboxylic acids is 1. The molecule has 21 heavy (non-hydrogen) atoms. The molecule has 1 unspecified atom stereocenters. The van der Waals surface area contributed by atoms with Crippen LogP contribution in [0, 0.1) is 0 Å². The van der Waals surface area contributed by atoms with E-state index in [1.165, 1.54) is 12.1 Å². The highest BCUT2D eigenvalue weighted by molar-refractivity contribution is 5.75. The van der Waals surface area contributed by atoms with Crippen LogP contribution in [-0.2, 0) is 4.79 Å². The van der Waals surface area contributed by atoms with Gasteiger partial charge in [-0.3, -0.25) is 4.79 Å².